The molecule has 0 aromatic rings. The van der Waals surface area contributed by atoms with Crippen molar-refractivity contribution in [1.82, 2.24) is 10.6 Å². The highest BCUT2D eigenvalue weighted by Gasteiger charge is 2.22. The van der Waals surface area contributed by atoms with E-state index in [1.807, 2.05) is 20.8 Å². The number of hydrogen-bond donors (Lipinski definition) is 3. The number of alkyl carbamates (subject to hydrolysis) is 1. The fourth-order valence-corrected chi connectivity index (χ4v) is 1.91. The minimum atomic E-state index is -0.447. The third kappa shape index (κ3) is 5.89. The Hall–Kier alpha value is -0.810. The molecule has 0 aliphatic carbocycles. The van der Waals surface area contributed by atoms with E-state index >= 15 is 0 Å². The molecule has 2 atom stereocenters. The number of carbonyl (C=O) groups excluding carboxylic acids is 1. The summed E-state index contributed by atoms with van der Waals surface area (Å²) in [5.74, 6) is 0.331. The van der Waals surface area contributed by atoms with Crippen LogP contribution in [0.4, 0.5) is 4.79 Å². The van der Waals surface area contributed by atoms with E-state index in [-0.39, 0.29) is 12.1 Å². The van der Waals surface area contributed by atoms with Crippen LogP contribution in [-0.2, 0) is 4.74 Å². The van der Waals surface area contributed by atoms with Gasteiger partial charge in [-0.15, -0.1) is 0 Å². The lowest BCUT2D eigenvalue weighted by atomic mass is 9.96. The number of carbonyl (C=O) groups is 1. The number of amides is 1. The zero-order chi connectivity index (χ0) is 12.9. The predicted octanol–water partition coefficient (Wildman–Crippen LogP) is 0.838. The van der Waals surface area contributed by atoms with Crippen molar-refractivity contribution in [3.8, 4) is 0 Å². The van der Waals surface area contributed by atoms with Crippen molar-refractivity contribution in [3.05, 3.63) is 0 Å². The van der Waals surface area contributed by atoms with Crippen molar-refractivity contribution in [2.24, 2.45) is 11.7 Å². The molecule has 1 aliphatic heterocycles. The molecule has 0 unspecified atom stereocenters. The molecule has 17 heavy (non-hydrogen) atoms. The van der Waals surface area contributed by atoms with Gasteiger partial charge < -0.3 is 21.1 Å². The number of hydrogen-bond acceptors (Lipinski definition) is 4. The lowest BCUT2D eigenvalue weighted by Crippen LogP contribution is -2.41. The first-order chi connectivity index (χ1) is 7.88. The molecule has 1 amide bonds. The summed E-state index contributed by atoms with van der Waals surface area (Å²) in [6.45, 7) is 8.09. The number of ether oxygens (including phenoxy) is 1. The monoisotopic (exact) mass is 243 g/mol. The van der Waals surface area contributed by atoms with E-state index in [2.05, 4.69) is 10.6 Å². The van der Waals surface area contributed by atoms with E-state index in [9.17, 15) is 4.79 Å². The van der Waals surface area contributed by atoms with Gasteiger partial charge in [-0.3, -0.25) is 0 Å². The average molecular weight is 243 g/mol. The second-order valence-corrected chi connectivity index (χ2v) is 5.63. The lowest BCUT2D eigenvalue weighted by Gasteiger charge is -2.23. The molecule has 0 spiro atoms. The summed E-state index contributed by atoms with van der Waals surface area (Å²) in [6, 6.07) is 0.153. The van der Waals surface area contributed by atoms with Crippen LogP contribution in [0.3, 0.4) is 0 Å². The summed E-state index contributed by atoms with van der Waals surface area (Å²) in [5, 5.41) is 6.11. The van der Waals surface area contributed by atoms with Gasteiger partial charge in [-0.1, -0.05) is 0 Å². The summed E-state index contributed by atoms with van der Waals surface area (Å²) >= 11 is 0. The van der Waals surface area contributed by atoms with Crippen LogP contribution in [0.25, 0.3) is 0 Å². The molecule has 1 heterocycles. The summed E-state index contributed by atoms with van der Waals surface area (Å²) < 4.78 is 5.19. The number of nitrogens with two attached hydrogens (primary N) is 1. The van der Waals surface area contributed by atoms with Crippen LogP contribution < -0.4 is 16.4 Å². The van der Waals surface area contributed by atoms with Gasteiger partial charge in [0.05, 0.1) is 0 Å². The Morgan fingerprint density at radius 1 is 1.41 bits per heavy atom. The summed E-state index contributed by atoms with van der Waals surface area (Å²) in [5.41, 5.74) is 5.61. The third-order valence-corrected chi connectivity index (χ3v) is 2.86. The first-order valence-electron chi connectivity index (χ1n) is 6.31. The Bertz CT molecular complexity index is 251. The topological polar surface area (TPSA) is 76.4 Å². The first kappa shape index (κ1) is 14.3. The van der Waals surface area contributed by atoms with Gasteiger partial charge in [-0.2, -0.15) is 0 Å². The van der Waals surface area contributed by atoms with Crippen LogP contribution in [0.1, 0.15) is 33.6 Å². The van der Waals surface area contributed by atoms with Crippen molar-refractivity contribution >= 4 is 6.09 Å². The minimum absolute atomic E-state index is 0.153. The van der Waals surface area contributed by atoms with Crippen LogP contribution in [0.2, 0.25) is 0 Å². The van der Waals surface area contributed by atoms with Crippen LogP contribution in [0.5, 0.6) is 0 Å². The Labute approximate surface area is 103 Å². The van der Waals surface area contributed by atoms with E-state index in [4.69, 9.17) is 10.5 Å². The Kier molecular flexibility index (Phi) is 5.21. The molecule has 1 rings (SSSR count). The van der Waals surface area contributed by atoms with E-state index in [1.54, 1.807) is 0 Å². The molecule has 100 valence electrons. The van der Waals surface area contributed by atoms with Gasteiger partial charge in [0, 0.05) is 12.6 Å². The molecule has 1 fully saturated rings. The van der Waals surface area contributed by atoms with Gasteiger partial charge in [-0.05, 0) is 52.6 Å². The smallest absolute Gasteiger partial charge is 0.407 e. The molecule has 1 saturated heterocycles. The van der Waals surface area contributed by atoms with Crippen molar-refractivity contribution in [2.45, 2.75) is 45.3 Å². The maximum Gasteiger partial charge on any atom is 0.407 e. The van der Waals surface area contributed by atoms with Crippen molar-refractivity contribution in [2.75, 3.05) is 19.6 Å². The van der Waals surface area contributed by atoms with Crippen LogP contribution in [-0.4, -0.2) is 37.4 Å². The van der Waals surface area contributed by atoms with Crippen LogP contribution in [0, 0.1) is 5.92 Å². The second kappa shape index (κ2) is 6.21. The normalized spacial score (nSPS) is 26.1. The first-order valence-corrected chi connectivity index (χ1v) is 6.31. The lowest BCUT2D eigenvalue weighted by molar-refractivity contribution is 0.0516. The molecule has 0 aromatic carbocycles. The number of rotatable bonds is 2. The van der Waals surface area contributed by atoms with Crippen molar-refractivity contribution in [3.63, 3.8) is 0 Å². The van der Waals surface area contributed by atoms with Crippen molar-refractivity contribution < 1.29 is 9.53 Å². The van der Waals surface area contributed by atoms with Gasteiger partial charge in [-0.25, -0.2) is 4.79 Å². The highest BCUT2D eigenvalue weighted by molar-refractivity contribution is 5.67. The molecule has 0 bridgehead atoms. The maximum absolute atomic E-state index is 11.5. The highest BCUT2D eigenvalue weighted by atomic mass is 16.6. The minimum Gasteiger partial charge on any atom is -0.444 e. The maximum atomic E-state index is 11.5. The Morgan fingerprint density at radius 3 is 2.71 bits per heavy atom. The predicted molar refractivity (Wildman–Crippen MR) is 67.8 cm³/mol. The quantitative estimate of drug-likeness (QED) is 0.671. The standard InChI is InChI=1S/C12H25N3O2/c1-12(2,3)17-11(16)15-8-9-4-6-14-7-5-10(9)13/h9-10,14H,4-8,13H2,1-3H3,(H,15,16)/t9-,10+/m0/s1. The molecular weight excluding hydrogens is 218 g/mol. The van der Waals surface area contributed by atoms with E-state index in [0.717, 1.165) is 25.9 Å². The molecule has 4 N–H and O–H groups in total. The van der Waals surface area contributed by atoms with Gasteiger partial charge in [0.25, 0.3) is 0 Å². The third-order valence-electron chi connectivity index (χ3n) is 2.86. The van der Waals surface area contributed by atoms with Gasteiger partial charge in [0.2, 0.25) is 0 Å². The molecule has 0 aromatic heterocycles. The SMILES string of the molecule is CC(C)(C)OC(=O)NC[C@@H]1CCNCC[C@H]1N. The van der Waals surface area contributed by atoms with E-state index in [1.165, 1.54) is 0 Å². The zero-order valence-corrected chi connectivity index (χ0v) is 11.1. The van der Waals surface area contributed by atoms with Crippen molar-refractivity contribution in [1.29, 1.82) is 0 Å². The van der Waals surface area contributed by atoms with Crippen LogP contribution in [0.15, 0.2) is 0 Å². The molecule has 1 aliphatic rings. The van der Waals surface area contributed by atoms with E-state index in [0.29, 0.717) is 12.5 Å². The van der Waals surface area contributed by atoms with Gasteiger partial charge in [0.15, 0.2) is 0 Å². The van der Waals surface area contributed by atoms with E-state index < -0.39 is 5.60 Å². The highest BCUT2D eigenvalue weighted by Crippen LogP contribution is 2.12. The fraction of sp³-hybridized carbons (Fsp3) is 0.917. The average Bonchev–Trinajstić information content (AvgIpc) is 2.37. The Balaban J connectivity index is 2.31. The fourth-order valence-electron chi connectivity index (χ4n) is 1.91. The largest absolute Gasteiger partial charge is 0.444 e. The molecular formula is C12H25N3O2. The Morgan fingerprint density at radius 2 is 2.06 bits per heavy atom. The van der Waals surface area contributed by atoms with Gasteiger partial charge in [0.1, 0.15) is 5.60 Å². The summed E-state index contributed by atoms with van der Waals surface area (Å²) in [6.07, 6.45) is 1.60. The zero-order valence-electron chi connectivity index (χ0n) is 11.1. The number of nitrogens with one attached hydrogen (secondary N) is 2. The molecule has 0 radical (unpaired) electrons. The molecule has 5 nitrogen and oxygen atoms in total. The molecule has 5 heteroatoms. The summed E-state index contributed by atoms with van der Waals surface area (Å²) in [4.78, 5) is 11.5. The summed E-state index contributed by atoms with van der Waals surface area (Å²) in [7, 11) is 0. The molecule has 0 saturated carbocycles. The van der Waals surface area contributed by atoms with Crippen LogP contribution >= 0.6 is 0 Å². The van der Waals surface area contributed by atoms with Gasteiger partial charge >= 0.3 is 6.09 Å². The second-order valence-electron chi connectivity index (χ2n) is 5.63.